The number of hydrogen-bond acceptors (Lipinski definition) is 4. The van der Waals surface area contributed by atoms with Gasteiger partial charge in [-0.25, -0.2) is 4.39 Å². The minimum absolute atomic E-state index is 0.152. The lowest BCUT2D eigenvalue weighted by Crippen LogP contribution is -2.30. The number of hydrogen-bond donors (Lipinski definition) is 1. The van der Waals surface area contributed by atoms with E-state index in [1.54, 1.807) is 18.2 Å². The molecule has 1 aliphatic rings. The normalized spacial score (nSPS) is 17.8. The lowest BCUT2D eigenvalue weighted by atomic mass is 10.2. The van der Waals surface area contributed by atoms with E-state index in [-0.39, 0.29) is 30.6 Å². The molecule has 0 bridgehead atoms. The van der Waals surface area contributed by atoms with Crippen molar-refractivity contribution in [2.45, 2.75) is 23.1 Å². The van der Waals surface area contributed by atoms with Gasteiger partial charge in [0.05, 0.1) is 11.8 Å². The fraction of sp³-hybridized carbons (Fsp3) is 0.176. The third kappa shape index (κ3) is 3.37. The monoisotopic (exact) mass is 330 g/mol. The van der Waals surface area contributed by atoms with Gasteiger partial charge < -0.3 is 5.73 Å². The largest absolute Gasteiger partial charge is 0.398 e. The SMILES string of the molecule is Nc1ccccc1S[C@@H]1CC(=O)N(Cc2ccc(F)cc2)C1=O. The number of likely N-dealkylation sites (tertiary alicyclic amines) is 1. The maximum atomic E-state index is 12.9. The molecule has 0 radical (unpaired) electrons. The zero-order valence-electron chi connectivity index (χ0n) is 12.2. The summed E-state index contributed by atoms with van der Waals surface area (Å²) >= 11 is 1.31. The summed E-state index contributed by atoms with van der Waals surface area (Å²) in [6.07, 6.45) is 0.152. The number of benzene rings is 2. The van der Waals surface area contributed by atoms with E-state index in [0.717, 1.165) is 10.5 Å². The second kappa shape index (κ2) is 6.42. The number of rotatable bonds is 4. The molecule has 2 N–H and O–H groups in total. The van der Waals surface area contributed by atoms with E-state index >= 15 is 0 Å². The Kier molecular flexibility index (Phi) is 4.34. The Balaban J connectivity index is 1.72. The Morgan fingerprint density at radius 1 is 1.13 bits per heavy atom. The van der Waals surface area contributed by atoms with Crippen LogP contribution >= 0.6 is 11.8 Å². The molecule has 118 valence electrons. The van der Waals surface area contributed by atoms with E-state index in [4.69, 9.17) is 5.73 Å². The van der Waals surface area contributed by atoms with E-state index in [0.29, 0.717) is 5.69 Å². The van der Waals surface area contributed by atoms with Gasteiger partial charge >= 0.3 is 0 Å². The number of anilines is 1. The molecule has 6 heteroatoms. The van der Waals surface area contributed by atoms with Gasteiger partial charge in [-0.15, -0.1) is 11.8 Å². The van der Waals surface area contributed by atoms with Gasteiger partial charge in [0.15, 0.2) is 0 Å². The van der Waals surface area contributed by atoms with E-state index in [9.17, 15) is 14.0 Å². The first kappa shape index (κ1) is 15.6. The van der Waals surface area contributed by atoms with Crippen LogP contribution in [0.15, 0.2) is 53.4 Å². The first-order valence-electron chi connectivity index (χ1n) is 7.14. The van der Waals surface area contributed by atoms with E-state index in [1.807, 2.05) is 18.2 Å². The van der Waals surface area contributed by atoms with Crippen molar-refractivity contribution in [3.63, 3.8) is 0 Å². The molecule has 4 nitrogen and oxygen atoms in total. The maximum Gasteiger partial charge on any atom is 0.243 e. The summed E-state index contributed by atoms with van der Waals surface area (Å²) in [6, 6.07) is 13.0. The molecule has 0 aromatic heterocycles. The Labute approximate surface area is 137 Å². The number of imide groups is 1. The van der Waals surface area contributed by atoms with Crippen molar-refractivity contribution in [2.75, 3.05) is 5.73 Å². The van der Waals surface area contributed by atoms with Crippen LogP contribution in [0.5, 0.6) is 0 Å². The summed E-state index contributed by atoms with van der Waals surface area (Å²) in [5.41, 5.74) is 7.20. The van der Waals surface area contributed by atoms with Gasteiger partial charge in [0, 0.05) is 17.0 Å². The summed E-state index contributed by atoms with van der Waals surface area (Å²) in [7, 11) is 0. The molecular formula is C17H15FN2O2S. The molecule has 23 heavy (non-hydrogen) atoms. The fourth-order valence-corrected chi connectivity index (χ4v) is 3.55. The minimum Gasteiger partial charge on any atom is -0.398 e. The van der Waals surface area contributed by atoms with Crippen LogP contribution in [0.2, 0.25) is 0 Å². The zero-order chi connectivity index (χ0) is 16.4. The number of amides is 2. The van der Waals surface area contributed by atoms with Crippen LogP contribution in [0, 0.1) is 5.82 Å². The quantitative estimate of drug-likeness (QED) is 0.692. The van der Waals surface area contributed by atoms with E-state index in [1.165, 1.54) is 28.8 Å². The predicted octanol–water partition coefficient (Wildman–Crippen LogP) is 2.83. The molecule has 1 heterocycles. The molecule has 1 saturated heterocycles. The van der Waals surface area contributed by atoms with Crippen molar-refractivity contribution in [1.29, 1.82) is 0 Å². The van der Waals surface area contributed by atoms with Crippen LogP contribution in [0.25, 0.3) is 0 Å². The number of thioether (sulfide) groups is 1. The summed E-state index contributed by atoms with van der Waals surface area (Å²) in [6.45, 7) is 0.166. The Morgan fingerprint density at radius 3 is 2.52 bits per heavy atom. The van der Waals surface area contributed by atoms with Gasteiger partial charge in [-0.3, -0.25) is 14.5 Å². The van der Waals surface area contributed by atoms with Crippen molar-refractivity contribution in [3.8, 4) is 0 Å². The standard InChI is InChI=1S/C17H15FN2O2S/c18-12-7-5-11(6-8-12)10-20-16(21)9-15(17(20)22)23-14-4-2-1-3-13(14)19/h1-8,15H,9-10,19H2/t15-/m1/s1. The van der Waals surface area contributed by atoms with E-state index in [2.05, 4.69) is 0 Å². The summed E-state index contributed by atoms with van der Waals surface area (Å²) in [5.74, 6) is -0.792. The fourth-order valence-electron chi connectivity index (χ4n) is 2.42. The molecule has 0 saturated carbocycles. The van der Waals surface area contributed by atoms with Crippen molar-refractivity contribution < 1.29 is 14.0 Å². The maximum absolute atomic E-state index is 12.9. The predicted molar refractivity (Wildman–Crippen MR) is 87.1 cm³/mol. The van der Waals surface area contributed by atoms with Crippen LogP contribution < -0.4 is 5.73 Å². The number of nitrogens with two attached hydrogens (primary N) is 1. The number of carbonyl (C=O) groups is 2. The number of nitrogens with zero attached hydrogens (tertiary/aromatic N) is 1. The molecule has 0 unspecified atom stereocenters. The van der Waals surface area contributed by atoms with Crippen LogP contribution in [0.3, 0.4) is 0 Å². The molecule has 2 aromatic rings. The van der Waals surface area contributed by atoms with Crippen LogP contribution in [-0.4, -0.2) is 22.0 Å². The van der Waals surface area contributed by atoms with Crippen molar-refractivity contribution >= 4 is 29.3 Å². The van der Waals surface area contributed by atoms with Gasteiger partial charge in [-0.05, 0) is 29.8 Å². The highest BCUT2D eigenvalue weighted by atomic mass is 32.2. The molecular weight excluding hydrogens is 315 g/mol. The highest BCUT2D eigenvalue weighted by Gasteiger charge is 2.39. The molecule has 1 aliphatic heterocycles. The first-order valence-corrected chi connectivity index (χ1v) is 8.02. The van der Waals surface area contributed by atoms with Crippen molar-refractivity contribution in [2.24, 2.45) is 0 Å². The van der Waals surface area contributed by atoms with Gasteiger partial charge in [-0.1, -0.05) is 24.3 Å². The average molecular weight is 330 g/mol. The molecule has 1 fully saturated rings. The zero-order valence-corrected chi connectivity index (χ0v) is 13.1. The molecule has 3 rings (SSSR count). The second-order valence-electron chi connectivity index (χ2n) is 5.29. The lowest BCUT2D eigenvalue weighted by molar-refractivity contribution is -0.138. The number of carbonyl (C=O) groups excluding carboxylic acids is 2. The van der Waals surface area contributed by atoms with Crippen LogP contribution in [-0.2, 0) is 16.1 Å². The van der Waals surface area contributed by atoms with Gasteiger partial charge in [-0.2, -0.15) is 0 Å². The Hall–Kier alpha value is -2.34. The third-order valence-corrected chi connectivity index (χ3v) is 4.92. The van der Waals surface area contributed by atoms with Crippen molar-refractivity contribution in [3.05, 3.63) is 59.9 Å². The number of para-hydroxylation sites is 1. The van der Waals surface area contributed by atoms with Crippen LogP contribution in [0.4, 0.5) is 10.1 Å². The number of nitrogen functional groups attached to an aromatic ring is 1. The van der Waals surface area contributed by atoms with Crippen LogP contribution in [0.1, 0.15) is 12.0 Å². The smallest absolute Gasteiger partial charge is 0.243 e. The molecule has 2 aromatic carbocycles. The summed E-state index contributed by atoms with van der Waals surface area (Å²) < 4.78 is 12.9. The van der Waals surface area contributed by atoms with Gasteiger partial charge in [0.2, 0.25) is 11.8 Å². The highest BCUT2D eigenvalue weighted by molar-refractivity contribution is 8.00. The average Bonchev–Trinajstić information content (AvgIpc) is 2.79. The lowest BCUT2D eigenvalue weighted by Gasteiger charge is -2.15. The van der Waals surface area contributed by atoms with Crippen molar-refractivity contribution in [1.82, 2.24) is 4.90 Å². The minimum atomic E-state index is -0.465. The Bertz CT molecular complexity index is 749. The van der Waals surface area contributed by atoms with Gasteiger partial charge in [0.25, 0.3) is 0 Å². The van der Waals surface area contributed by atoms with Gasteiger partial charge in [0.1, 0.15) is 5.82 Å². The Morgan fingerprint density at radius 2 is 1.83 bits per heavy atom. The third-order valence-electron chi connectivity index (χ3n) is 3.64. The number of halogens is 1. The molecule has 0 spiro atoms. The second-order valence-corrected chi connectivity index (χ2v) is 6.54. The van der Waals surface area contributed by atoms with E-state index < -0.39 is 5.25 Å². The highest BCUT2D eigenvalue weighted by Crippen LogP contribution is 2.34. The topological polar surface area (TPSA) is 63.4 Å². The first-order chi connectivity index (χ1) is 11.0. The molecule has 1 atom stereocenters. The summed E-state index contributed by atoms with van der Waals surface area (Å²) in [5, 5.41) is -0.465. The molecule has 0 aliphatic carbocycles. The molecule has 2 amide bonds. The summed E-state index contributed by atoms with van der Waals surface area (Å²) in [4.78, 5) is 26.6.